The Morgan fingerprint density at radius 1 is 1.12 bits per heavy atom. The van der Waals surface area contributed by atoms with Gasteiger partial charge in [0.25, 0.3) is 0 Å². The number of aryl methyl sites for hydroxylation is 1. The van der Waals surface area contributed by atoms with Crippen LogP contribution in [0.4, 0.5) is 4.39 Å². The second-order valence-electron chi connectivity index (χ2n) is 6.92. The number of rotatable bonds is 5. The number of likely N-dealkylation sites (tertiary alicyclic amines) is 1. The molecule has 0 saturated carbocycles. The zero-order valence-electron chi connectivity index (χ0n) is 14.6. The average molecular weight is 355 g/mol. The van der Waals surface area contributed by atoms with Crippen molar-refractivity contribution in [1.29, 1.82) is 0 Å². The van der Waals surface area contributed by atoms with Gasteiger partial charge in [-0.1, -0.05) is 18.2 Å². The maximum atomic E-state index is 12.9. The van der Waals surface area contributed by atoms with E-state index in [2.05, 4.69) is 6.07 Å². The second kappa shape index (κ2) is 7.36. The molecular formula is C21H22FNO3. The van der Waals surface area contributed by atoms with Gasteiger partial charge in [-0.3, -0.25) is 4.79 Å². The maximum Gasteiger partial charge on any atom is 0.231 e. The van der Waals surface area contributed by atoms with Gasteiger partial charge in [0.1, 0.15) is 5.82 Å². The van der Waals surface area contributed by atoms with Crippen molar-refractivity contribution < 1.29 is 18.7 Å². The Morgan fingerprint density at radius 3 is 2.77 bits per heavy atom. The summed E-state index contributed by atoms with van der Waals surface area (Å²) in [5.74, 6) is 1.92. The van der Waals surface area contributed by atoms with E-state index in [0.717, 1.165) is 49.4 Å². The third-order valence-electron chi connectivity index (χ3n) is 5.18. The van der Waals surface area contributed by atoms with Crippen LogP contribution in [0.15, 0.2) is 42.5 Å². The van der Waals surface area contributed by atoms with Gasteiger partial charge in [-0.15, -0.1) is 0 Å². The Balaban J connectivity index is 1.28. The quantitative estimate of drug-likeness (QED) is 0.817. The van der Waals surface area contributed by atoms with E-state index in [9.17, 15) is 9.18 Å². The van der Waals surface area contributed by atoms with E-state index < -0.39 is 0 Å². The van der Waals surface area contributed by atoms with Crippen molar-refractivity contribution in [3.63, 3.8) is 0 Å². The second-order valence-corrected chi connectivity index (χ2v) is 6.92. The molecule has 26 heavy (non-hydrogen) atoms. The zero-order chi connectivity index (χ0) is 17.9. The van der Waals surface area contributed by atoms with Gasteiger partial charge >= 0.3 is 0 Å². The van der Waals surface area contributed by atoms with Gasteiger partial charge in [0, 0.05) is 25.4 Å². The molecule has 4 nitrogen and oxygen atoms in total. The molecule has 2 aromatic rings. The monoisotopic (exact) mass is 355 g/mol. The number of hydrogen-bond acceptors (Lipinski definition) is 3. The molecule has 0 aromatic heterocycles. The minimum atomic E-state index is -0.226. The first-order valence-electron chi connectivity index (χ1n) is 9.11. The van der Waals surface area contributed by atoms with Crippen molar-refractivity contribution in [2.75, 3.05) is 19.9 Å². The predicted octanol–water partition coefficient (Wildman–Crippen LogP) is 3.89. The number of halogens is 1. The normalized spacial score (nSPS) is 18.3. The number of ether oxygens (including phenoxy) is 2. The molecule has 4 rings (SSSR count). The van der Waals surface area contributed by atoms with E-state index in [0.29, 0.717) is 12.3 Å². The Kier molecular flexibility index (Phi) is 4.78. The van der Waals surface area contributed by atoms with Crippen LogP contribution in [0, 0.1) is 5.82 Å². The minimum Gasteiger partial charge on any atom is -0.454 e. The Hall–Kier alpha value is -2.56. The third kappa shape index (κ3) is 3.66. The zero-order valence-corrected chi connectivity index (χ0v) is 14.6. The number of hydrogen-bond donors (Lipinski definition) is 0. The molecular weight excluding hydrogens is 333 g/mol. The van der Waals surface area contributed by atoms with Crippen molar-refractivity contribution in [3.8, 4) is 11.5 Å². The molecule has 0 spiro atoms. The molecule has 1 fully saturated rings. The van der Waals surface area contributed by atoms with Gasteiger partial charge < -0.3 is 14.4 Å². The van der Waals surface area contributed by atoms with Crippen LogP contribution in [-0.2, 0) is 11.2 Å². The van der Waals surface area contributed by atoms with E-state index >= 15 is 0 Å². The SMILES string of the molecule is O=C(CCCc1ccc(F)cc1)N1CCC(c2ccc3c(c2)OCO3)C1. The molecule has 1 saturated heterocycles. The van der Waals surface area contributed by atoms with Crippen molar-refractivity contribution in [1.82, 2.24) is 4.90 Å². The van der Waals surface area contributed by atoms with Gasteiger partial charge in [0.15, 0.2) is 11.5 Å². The van der Waals surface area contributed by atoms with Crippen molar-refractivity contribution >= 4 is 5.91 Å². The van der Waals surface area contributed by atoms with Crippen molar-refractivity contribution in [2.24, 2.45) is 0 Å². The predicted molar refractivity (Wildman–Crippen MR) is 95.8 cm³/mol. The van der Waals surface area contributed by atoms with Crippen LogP contribution in [-0.4, -0.2) is 30.7 Å². The van der Waals surface area contributed by atoms with Gasteiger partial charge in [-0.05, 0) is 54.7 Å². The molecule has 2 heterocycles. The number of carbonyl (C=O) groups excluding carboxylic acids is 1. The van der Waals surface area contributed by atoms with Crippen LogP contribution in [0.25, 0.3) is 0 Å². The molecule has 136 valence electrons. The van der Waals surface area contributed by atoms with Crippen LogP contribution in [0.5, 0.6) is 11.5 Å². The summed E-state index contributed by atoms with van der Waals surface area (Å²) in [7, 11) is 0. The smallest absolute Gasteiger partial charge is 0.231 e. The lowest BCUT2D eigenvalue weighted by Gasteiger charge is -2.17. The lowest BCUT2D eigenvalue weighted by Crippen LogP contribution is -2.28. The Bertz CT molecular complexity index is 790. The third-order valence-corrected chi connectivity index (χ3v) is 5.18. The molecule has 0 aliphatic carbocycles. The molecule has 1 amide bonds. The highest BCUT2D eigenvalue weighted by Gasteiger charge is 2.28. The fourth-order valence-corrected chi connectivity index (χ4v) is 3.68. The number of amides is 1. The highest BCUT2D eigenvalue weighted by molar-refractivity contribution is 5.76. The molecule has 2 aromatic carbocycles. The molecule has 1 unspecified atom stereocenters. The van der Waals surface area contributed by atoms with Crippen LogP contribution in [0.3, 0.4) is 0 Å². The van der Waals surface area contributed by atoms with Crippen molar-refractivity contribution in [3.05, 3.63) is 59.4 Å². The van der Waals surface area contributed by atoms with E-state index in [-0.39, 0.29) is 18.5 Å². The van der Waals surface area contributed by atoms with Gasteiger partial charge in [-0.2, -0.15) is 0 Å². The highest BCUT2D eigenvalue weighted by Crippen LogP contribution is 2.37. The molecule has 5 heteroatoms. The van der Waals surface area contributed by atoms with Crippen LogP contribution in [0.1, 0.15) is 36.3 Å². The lowest BCUT2D eigenvalue weighted by atomic mass is 9.98. The maximum absolute atomic E-state index is 12.9. The summed E-state index contributed by atoms with van der Waals surface area (Å²) < 4.78 is 23.7. The largest absolute Gasteiger partial charge is 0.454 e. The lowest BCUT2D eigenvalue weighted by molar-refractivity contribution is -0.130. The summed E-state index contributed by atoms with van der Waals surface area (Å²) in [5.41, 5.74) is 2.27. The Labute approximate surface area is 152 Å². The summed E-state index contributed by atoms with van der Waals surface area (Å²) in [4.78, 5) is 14.4. The summed E-state index contributed by atoms with van der Waals surface area (Å²) in [5, 5.41) is 0. The molecule has 2 aliphatic rings. The molecule has 0 radical (unpaired) electrons. The average Bonchev–Trinajstić information content (AvgIpc) is 3.32. The van der Waals surface area contributed by atoms with Gasteiger partial charge in [0.2, 0.25) is 12.7 Å². The van der Waals surface area contributed by atoms with Gasteiger partial charge in [0.05, 0.1) is 0 Å². The Morgan fingerprint density at radius 2 is 1.92 bits per heavy atom. The topological polar surface area (TPSA) is 38.8 Å². The van der Waals surface area contributed by atoms with Gasteiger partial charge in [-0.25, -0.2) is 4.39 Å². The minimum absolute atomic E-state index is 0.204. The number of carbonyl (C=O) groups is 1. The summed E-state index contributed by atoms with van der Waals surface area (Å²) >= 11 is 0. The van der Waals surface area contributed by atoms with Crippen LogP contribution < -0.4 is 9.47 Å². The molecule has 0 bridgehead atoms. The van der Waals surface area contributed by atoms with E-state index in [4.69, 9.17) is 9.47 Å². The first-order valence-corrected chi connectivity index (χ1v) is 9.11. The van der Waals surface area contributed by atoms with E-state index in [1.165, 1.54) is 17.7 Å². The molecule has 1 atom stereocenters. The van der Waals surface area contributed by atoms with Crippen LogP contribution in [0.2, 0.25) is 0 Å². The first-order chi connectivity index (χ1) is 12.7. The first kappa shape index (κ1) is 16.9. The molecule has 0 N–H and O–H groups in total. The summed E-state index contributed by atoms with van der Waals surface area (Å²) in [6, 6.07) is 12.6. The number of fused-ring (bicyclic) bond motifs is 1. The van der Waals surface area contributed by atoms with E-state index in [1.54, 1.807) is 12.1 Å². The van der Waals surface area contributed by atoms with Crippen molar-refractivity contribution in [2.45, 2.75) is 31.6 Å². The molecule has 2 aliphatic heterocycles. The van der Waals surface area contributed by atoms with Crippen LogP contribution >= 0.6 is 0 Å². The highest BCUT2D eigenvalue weighted by atomic mass is 19.1. The summed E-state index contributed by atoms with van der Waals surface area (Å²) in [6.45, 7) is 1.84. The fourth-order valence-electron chi connectivity index (χ4n) is 3.68. The number of nitrogens with zero attached hydrogens (tertiary/aromatic N) is 1. The van der Waals surface area contributed by atoms with E-state index in [1.807, 2.05) is 17.0 Å². The fraction of sp³-hybridized carbons (Fsp3) is 0.381. The summed E-state index contributed by atoms with van der Waals surface area (Å²) in [6.07, 6.45) is 3.09. The standard InChI is InChI=1S/C21H22FNO3/c22-18-7-4-15(5-8-18)2-1-3-21(24)23-11-10-17(13-23)16-6-9-19-20(12-16)26-14-25-19/h4-9,12,17H,1-3,10-11,13-14H2. The number of benzene rings is 2.